The Bertz CT molecular complexity index is 1030. The topological polar surface area (TPSA) is 58.1 Å². The minimum atomic E-state index is -0.0617. The molecule has 160 valence electrons. The van der Waals surface area contributed by atoms with E-state index in [0.717, 1.165) is 23.0 Å². The lowest BCUT2D eigenvalue weighted by molar-refractivity contribution is -0.115. The fourth-order valence-electron chi connectivity index (χ4n) is 4.57. The zero-order chi connectivity index (χ0) is 21.2. The second kappa shape index (κ2) is 9.40. The summed E-state index contributed by atoms with van der Waals surface area (Å²) in [6.45, 7) is 2.13. The van der Waals surface area contributed by atoms with Crippen molar-refractivity contribution in [1.29, 1.82) is 0 Å². The number of anilines is 1. The van der Waals surface area contributed by atoms with Crippen molar-refractivity contribution in [3.63, 3.8) is 0 Å². The second-order valence-corrected chi connectivity index (χ2v) is 11.6. The summed E-state index contributed by atoms with van der Waals surface area (Å²) in [5.41, 5.74) is 2.35. The van der Waals surface area contributed by atoms with Crippen molar-refractivity contribution < 1.29 is 4.79 Å². The van der Waals surface area contributed by atoms with Gasteiger partial charge in [-0.1, -0.05) is 99.7 Å². The number of piperidine rings is 1. The highest BCUT2D eigenvalue weighted by Crippen LogP contribution is 2.49. The Morgan fingerprint density at radius 1 is 1.10 bits per heavy atom. The van der Waals surface area contributed by atoms with Gasteiger partial charge in [-0.2, -0.15) is 0 Å². The Kier molecular flexibility index (Phi) is 6.41. The zero-order valence-electron chi connectivity index (χ0n) is 16.9. The number of rotatable bonds is 7. The van der Waals surface area contributed by atoms with Gasteiger partial charge in [0.15, 0.2) is 4.34 Å². The van der Waals surface area contributed by atoms with Crippen LogP contribution in [0.5, 0.6) is 0 Å². The van der Waals surface area contributed by atoms with Crippen LogP contribution in [-0.2, 0) is 17.8 Å². The summed E-state index contributed by atoms with van der Waals surface area (Å²) in [5, 5.41) is 12.5. The molecule has 1 aliphatic carbocycles. The highest BCUT2D eigenvalue weighted by atomic mass is 79.9. The number of thioether (sulfide) groups is 1. The number of carbonyl (C=O) groups excluding carboxylic acids is 1. The van der Waals surface area contributed by atoms with E-state index < -0.39 is 0 Å². The van der Waals surface area contributed by atoms with Crippen molar-refractivity contribution in [1.82, 2.24) is 15.1 Å². The fourth-order valence-corrected chi connectivity index (χ4v) is 8.33. The lowest BCUT2D eigenvalue weighted by Crippen LogP contribution is -2.40. The average Bonchev–Trinajstić information content (AvgIpc) is 3.42. The number of amides is 1. The number of alkyl halides is 1. The number of likely N-dealkylation sites (tertiary alicyclic amines) is 1. The molecule has 0 unspecified atom stereocenters. The van der Waals surface area contributed by atoms with Crippen LogP contribution >= 0.6 is 39.0 Å². The molecule has 0 radical (unpaired) electrons. The van der Waals surface area contributed by atoms with Gasteiger partial charge in [-0.05, 0) is 23.5 Å². The Balaban J connectivity index is 1.19. The molecule has 5 nitrogen and oxygen atoms in total. The summed E-state index contributed by atoms with van der Waals surface area (Å²) in [6, 6.07) is 20.9. The number of benzene rings is 2. The molecule has 3 aromatic rings. The molecular weight excluding hydrogens is 492 g/mol. The number of fused-ring (bicyclic) bond motifs is 2. The van der Waals surface area contributed by atoms with Crippen LogP contribution in [0.1, 0.15) is 17.5 Å². The van der Waals surface area contributed by atoms with Crippen molar-refractivity contribution >= 4 is 50.1 Å². The van der Waals surface area contributed by atoms with E-state index in [1.165, 1.54) is 23.3 Å². The lowest BCUT2D eigenvalue weighted by Gasteiger charge is -2.32. The average molecular weight is 516 g/mol. The van der Waals surface area contributed by atoms with E-state index >= 15 is 0 Å². The molecule has 8 heteroatoms. The summed E-state index contributed by atoms with van der Waals surface area (Å²) in [5.74, 6) is 0.609. The molecule has 1 saturated carbocycles. The predicted octanol–water partition coefficient (Wildman–Crippen LogP) is 4.85. The maximum absolute atomic E-state index is 12.3. The van der Waals surface area contributed by atoms with Gasteiger partial charge >= 0.3 is 0 Å². The molecule has 2 aromatic carbocycles. The number of halogens is 1. The standard InChI is InChI=1S/C23H23BrN4OS2/c24-20-17-12-18(21(20)28(14-17)13-16-9-5-2-6-10-16)30-23-27-26-22(31-23)25-19(29)11-15-7-3-1-4-8-15/h1-10,17-18,20-21H,11-14H2,(H,25,26,29)/t17-,18-,20-,21+/m0/s1. The highest BCUT2D eigenvalue weighted by molar-refractivity contribution is 9.09. The van der Waals surface area contributed by atoms with Crippen molar-refractivity contribution in [3.8, 4) is 0 Å². The molecule has 2 aliphatic rings. The van der Waals surface area contributed by atoms with Gasteiger partial charge in [-0.3, -0.25) is 9.69 Å². The molecule has 0 spiro atoms. The van der Waals surface area contributed by atoms with Crippen LogP contribution in [0.25, 0.3) is 0 Å². The number of nitrogens with one attached hydrogen (secondary N) is 1. The van der Waals surface area contributed by atoms with E-state index in [-0.39, 0.29) is 5.91 Å². The Morgan fingerprint density at radius 2 is 1.81 bits per heavy atom. The smallest absolute Gasteiger partial charge is 0.230 e. The SMILES string of the molecule is O=C(Cc1ccccc1)Nc1nnc(S[C@H]2C[C@H]3CN(Cc4ccccc4)[C@H]2[C@H]3Br)s1. The van der Waals surface area contributed by atoms with Crippen LogP contribution in [0.15, 0.2) is 65.0 Å². The largest absolute Gasteiger partial charge is 0.300 e. The van der Waals surface area contributed by atoms with E-state index in [1.807, 2.05) is 30.3 Å². The number of hydrogen-bond donors (Lipinski definition) is 1. The van der Waals surface area contributed by atoms with E-state index in [0.29, 0.717) is 33.6 Å². The highest BCUT2D eigenvalue weighted by Gasteiger charge is 2.51. The van der Waals surface area contributed by atoms with Gasteiger partial charge in [0, 0.05) is 29.2 Å². The predicted molar refractivity (Wildman–Crippen MR) is 130 cm³/mol. The lowest BCUT2D eigenvalue weighted by atomic mass is 10.1. The first-order chi connectivity index (χ1) is 15.2. The van der Waals surface area contributed by atoms with Gasteiger partial charge in [0.2, 0.25) is 11.0 Å². The van der Waals surface area contributed by atoms with Gasteiger partial charge in [0.25, 0.3) is 0 Å². The molecule has 5 rings (SSSR count). The van der Waals surface area contributed by atoms with Gasteiger partial charge in [0.1, 0.15) is 0 Å². The number of aromatic nitrogens is 2. The third-order valence-corrected chi connectivity index (χ3v) is 9.44. The van der Waals surface area contributed by atoms with E-state index in [1.54, 1.807) is 11.8 Å². The van der Waals surface area contributed by atoms with E-state index in [2.05, 4.69) is 66.7 Å². The third-order valence-electron chi connectivity index (χ3n) is 5.92. The van der Waals surface area contributed by atoms with Gasteiger partial charge < -0.3 is 5.32 Å². The first kappa shape index (κ1) is 21.1. The Labute approximate surface area is 198 Å². The van der Waals surface area contributed by atoms with Crippen LogP contribution in [-0.4, -0.2) is 43.7 Å². The molecule has 1 N–H and O–H groups in total. The monoisotopic (exact) mass is 514 g/mol. The molecule has 1 aromatic heterocycles. The summed E-state index contributed by atoms with van der Waals surface area (Å²) in [7, 11) is 0. The number of hydrogen-bond acceptors (Lipinski definition) is 6. The summed E-state index contributed by atoms with van der Waals surface area (Å²) in [6.07, 6.45) is 1.53. The van der Waals surface area contributed by atoms with Gasteiger partial charge in [0.05, 0.1) is 6.42 Å². The van der Waals surface area contributed by atoms with Crippen molar-refractivity contribution in [2.24, 2.45) is 5.92 Å². The fraction of sp³-hybridized carbons (Fsp3) is 0.348. The van der Waals surface area contributed by atoms with E-state index in [4.69, 9.17) is 0 Å². The molecule has 4 atom stereocenters. The first-order valence-corrected chi connectivity index (χ1v) is 13.0. The summed E-state index contributed by atoms with van der Waals surface area (Å²) >= 11 is 7.24. The quantitative estimate of drug-likeness (QED) is 0.360. The van der Waals surface area contributed by atoms with Crippen LogP contribution in [0.2, 0.25) is 0 Å². The van der Waals surface area contributed by atoms with E-state index in [9.17, 15) is 4.79 Å². The maximum atomic E-state index is 12.3. The van der Waals surface area contributed by atoms with Crippen molar-refractivity contribution in [3.05, 3.63) is 71.8 Å². The van der Waals surface area contributed by atoms with Crippen LogP contribution in [0.3, 0.4) is 0 Å². The zero-order valence-corrected chi connectivity index (χ0v) is 20.1. The second-order valence-electron chi connectivity index (χ2n) is 8.09. The van der Waals surface area contributed by atoms with Crippen LogP contribution in [0, 0.1) is 5.92 Å². The van der Waals surface area contributed by atoms with Crippen molar-refractivity contribution in [2.45, 2.75) is 39.8 Å². The van der Waals surface area contributed by atoms with Crippen LogP contribution < -0.4 is 5.32 Å². The molecular formula is C23H23BrN4OS2. The third kappa shape index (κ3) is 4.87. The molecule has 1 amide bonds. The Morgan fingerprint density at radius 3 is 2.52 bits per heavy atom. The van der Waals surface area contributed by atoms with Gasteiger partial charge in [-0.25, -0.2) is 0 Å². The number of carbonyl (C=O) groups is 1. The maximum Gasteiger partial charge on any atom is 0.230 e. The first-order valence-electron chi connectivity index (χ1n) is 10.4. The molecule has 31 heavy (non-hydrogen) atoms. The number of nitrogens with zero attached hydrogens (tertiary/aromatic N) is 3. The molecule has 2 heterocycles. The Hall–Kier alpha value is -1.74. The van der Waals surface area contributed by atoms with Gasteiger partial charge in [-0.15, -0.1) is 10.2 Å². The minimum Gasteiger partial charge on any atom is -0.300 e. The molecule has 2 bridgehead atoms. The normalized spacial score (nSPS) is 25.1. The summed E-state index contributed by atoms with van der Waals surface area (Å²) in [4.78, 5) is 15.4. The summed E-state index contributed by atoms with van der Waals surface area (Å²) < 4.78 is 0.923. The molecule has 2 fully saturated rings. The van der Waals surface area contributed by atoms with Crippen molar-refractivity contribution in [2.75, 3.05) is 11.9 Å². The molecule has 1 aliphatic heterocycles. The van der Waals surface area contributed by atoms with Crippen LogP contribution in [0.4, 0.5) is 5.13 Å². The minimum absolute atomic E-state index is 0.0617. The molecule has 1 saturated heterocycles.